The minimum Gasteiger partial charge on any atom is -0.384 e. The molecule has 0 aromatic rings. The smallest absolute Gasteiger partial charge is 0.251 e. The lowest BCUT2D eigenvalue weighted by atomic mass is 9.93. The highest BCUT2D eigenvalue weighted by atomic mass is 16.3. The lowest BCUT2D eigenvalue weighted by molar-refractivity contribution is -0.141. The fourth-order valence-corrected chi connectivity index (χ4v) is 3.85. The number of nitrogens with zero attached hydrogens (tertiary/aromatic N) is 2. The highest BCUT2D eigenvalue weighted by Gasteiger charge is 2.36. The van der Waals surface area contributed by atoms with Gasteiger partial charge in [-0.3, -0.25) is 9.69 Å². The van der Waals surface area contributed by atoms with Crippen LogP contribution < -0.4 is 0 Å². The zero-order valence-electron chi connectivity index (χ0n) is 11.7. The number of allylic oxidation sites excluding steroid dienone is 2. The van der Waals surface area contributed by atoms with Crippen LogP contribution in [0.1, 0.15) is 19.8 Å². The van der Waals surface area contributed by atoms with Crippen molar-refractivity contribution in [2.75, 3.05) is 32.7 Å². The molecule has 2 aliphatic carbocycles. The molecule has 1 heterocycles. The molecule has 106 valence electrons. The summed E-state index contributed by atoms with van der Waals surface area (Å²) in [6.07, 6.45) is 6.66. The van der Waals surface area contributed by atoms with Gasteiger partial charge in [-0.2, -0.15) is 0 Å². The minimum atomic E-state index is -0.859. The van der Waals surface area contributed by atoms with Gasteiger partial charge in [0.2, 0.25) is 0 Å². The average Bonchev–Trinajstić information content (AvgIpc) is 3.01. The molecule has 0 aromatic heterocycles. The summed E-state index contributed by atoms with van der Waals surface area (Å²) in [7, 11) is 0. The molecule has 2 bridgehead atoms. The Morgan fingerprint density at radius 1 is 1.26 bits per heavy atom. The lowest BCUT2D eigenvalue weighted by Crippen LogP contribution is -2.52. The minimum absolute atomic E-state index is 0.123. The summed E-state index contributed by atoms with van der Waals surface area (Å²) in [6, 6.07) is 0. The summed E-state index contributed by atoms with van der Waals surface area (Å²) < 4.78 is 0. The number of rotatable bonds is 3. The Morgan fingerprint density at radius 2 is 2.00 bits per heavy atom. The summed E-state index contributed by atoms with van der Waals surface area (Å²) in [6.45, 7) is 6.17. The van der Waals surface area contributed by atoms with Crippen LogP contribution in [0.3, 0.4) is 0 Å². The van der Waals surface area contributed by atoms with Gasteiger partial charge < -0.3 is 10.0 Å². The van der Waals surface area contributed by atoms with Crippen molar-refractivity contribution in [3.8, 4) is 0 Å². The van der Waals surface area contributed by atoms with E-state index in [0.717, 1.165) is 43.9 Å². The van der Waals surface area contributed by atoms with E-state index in [1.807, 2.05) is 0 Å². The standard InChI is InChI=1S/C15H24N2O2/c1-11(18)15(19)17-6-4-16(5-7-17)10-14-9-12-2-3-13(14)8-12/h2-3,11-14,18H,4-10H2,1H3/t11-,12-,13-,14+/m0/s1. The van der Waals surface area contributed by atoms with Gasteiger partial charge in [0.05, 0.1) is 0 Å². The van der Waals surface area contributed by atoms with Crippen LogP contribution in [0.5, 0.6) is 0 Å². The number of hydrogen-bond donors (Lipinski definition) is 1. The van der Waals surface area contributed by atoms with Crippen molar-refractivity contribution >= 4 is 5.91 Å². The summed E-state index contributed by atoms with van der Waals surface area (Å²) in [5, 5.41) is 9.33. The number of aliphatic hydroxyl groups is 1. The second-order valence-electron chi connectivity index (χ2n) is 6.34. The fourth-order valence-electron chi connectivity index (χ4n) is 3.85. The van der Waals surface area contributed by atoms with E-state index in [4.69, 9.17) is 0 Å². The third kappa shape index (κ3) is 2.70. The van der Waals surface area contributed by atoms with Crippen LogP contribution in [0.2, 0.25) is 0 Å². The van der Waals surface area contributed by atoms with Crippen molar-refractivity contribution in [1.29, 1.82) is 0 Å². The summed E-state index contributed by atoms with van der Waals surface area (Å²) in [5.41, 5.74) is 0. The average molecular weight is 264 g/mol. The van der Waals surface area contributed by atoms with Crippen LogP contribution in [0.15, 0.2) is 12.2 Å². The van der Waals surface area contributed by atoms with E-state index >= 15 is 0 Å². The van der Waals surface area contributed by atoms with Gasteiger partial charge in [0.15, 0.2) is 0 Å². The fraction of sp³-hybridized carbons (Fsp3) is 0.800. The quantitative estimate of drug-likeness (QED) is 0.764. The third-order valence-corrected chi connectivity index (χ3v) is 4.95. The Kier molecular flexibility index (Phi) is 3.63. The van der Waals surface area contributed by atoms with E-state index in [1.54, 1.807) is 11.8 Å². The number of amides is 1. The zero-order chi connectivity index (χ0) is 13.4. The van der Waals surface area contributed by atoms with Crippen LogP contribution >= 0.6 is 0 Å². The van der Waals surface area contributed by atoms with Gasteiger partial charge in [0, 0.05) is 32.7 Å². The number of aliphatic hydroxyl groups excluding tert-OH is 1. The molecule has 4 atom stereocenters. The number of piperazine rings is 1. The molecule has 1 aliphatic heterocycles. The molecule has 1 N–H and O–H groups in total. The molecule has 0 aromatic carbocycles. The predicted molar refractivity (Wildman–Crippen MR) is 73.5 cm³/mol. The number of hydrogen-bond acceptors (Lipinski definition) is 3. The maximum atomic E-state index is 11.7. The first kappa shape index (κ1) is 13.1. The van der Waals surface area contributed by atoms with Gasteiger partial charge in [-0.1, -0.05) is 12.2 Å². The lowest BCUT2D eigenvalue weighted by Gasteiger charge is -2.37. The summed E-state index contributed by atoms with van der Waals surface area (Å²) in [4.78, 5) is 16.0. The van der Waals surface area contributed by atoms with Crippen molar-refractivity contribution in [2.45, 2.75) is 25.9 Å². The van der Waals surface area contributed by atoms with Gasteiger partial charge in [-0.25, -0.2) is 0 Å². The summed E-state index contributed by atoms with van der Waals surface area (Å²) in [5.74, 6) is 2.35. The molecular weight excluding hydrogens is 240 g/mol. The molecule has 0 unspecified atom stereocenters. The molecule has 1 saturated heterocycles. The molecule has 19 heavy (non-hydrogen) atoms. The van der Waals surface area contributed by atoms with E-state index < -0.39 is 6.10 Å². The molecule has 3 aliphatic rings. The normalized spacial score (nSPS) is 35.9. The number of carbonyl (C=O) groups is 1. The molecule has 0 spiro atoms. The molecule has 0 radical (unpaired) electrons. The molecular formula is C15H24N2O2. The van der Waals surface area contributed by atoms with Gasteiger partial charge in [-0.15, -0.1) is 0 Å². The van der Waals surface area contributed by atoms with Crippen molar-refractivity contribution in [1.82, 2.24) is 9.80 Å². The van der Waals surface area contributed by atoms with Crippen LogP contribution in [0.4, 0.5) is 0 Å². The summed E-state index contributed by atoms with van der Waals surface area (Å²) >= 11 is 0. The van der Waals surface area contributed by atoms with E-state index in [0.29, 0.717) is 0 Å². The molecule has 2 fully saturated rings. The first-order chi connectivity index (χ1) is 9.13. The van der Waals surface area contributed by atoms with Crippen molar-refractivity contribution in [2.24, 2.45) is 17.8 Å². The Hall–Kier alpha value is -0.870. The zero-order valence-corrected chi connectivity index (χ0v) is 11.7. The van der Waals surface area contributed by atoms with Gasteiger partial charge in [0.1, 0.15) is 6.10 Å². The molecule has 1 saturated carbocycles. The van der Waals surface area contributed by atoms with E-state index in [-0.39, 0.29) is 5.91 Å². The highest BCUT2D eigenvalue weighted by Crippen LogP contribution is 2.43. The van der Waals surface area contributed by atoms with E-state index in [2.05, 4.69) is 17.1 Å². The topological polar surface area (TPSA) is 43.8 Å². The van der Waals surface area contributed by atoms with E-state index in [1.165, 1.54) is 19.4 Å². The van der Waals surface area contributed by atoms with Crippen LogP contribution in [0.25, 0.3) is 0 Å². The maximum Gasteiger partial charge on any atom is 0.251 e. The Balaban J connectivity index is 1.46. The first-order valence-electron chi connectivity index (χ1n) is 7.51. The van der Waals surface area contributed by atoms with Gasteiger partial charge >= 0.3 is 0 Å². The molecule has 1 amide bonds. The monoisotopic (exact) mass is 264 g/mol. The SMILES string of the molecule is C[C@H](O)C(=O)N1CCN(C[C@H]2C[C@H]3C=C[C@H]2C3)CC1. The van der Waals surface area contributed by atoms with Crippen molar-refractivity contribution < 1.29 is 9.90 Å². The van der Waals surface area contributed by atoms with E-state index in [9.17, 15) is 9.90 Å². The van der Waals surface area contributed by atoms with Gasteiger partial charge in [0.25, 0.3) is 5.91 Å². The molecule has 3 rings (SSSR count). The number of fused-ring (bicyclic) bond motifs is 2. The van der Waals surface area contributed by atoms with Crippen LogP contribution in [-0.2, 0) is 4.79 Å². The van der Waals surface area contributed by atoms with Gasteiger partial charge in [-0.05, 0) is 37.5 Å². The Morgan fingerprint density at radius 3 is 2.53 bits per heavy atom. The first-order valence-corrected chi connectivity index (χ1v) is 7.51. The van der Waals surface area contributed by atoms with Crippen LogP contribution in [-0.4, -0.2) is 59.6 Å². The molecule has 4 heteroatoms. The third-order valence-electron chi connectivity index (χ3n) is 4.95. The Bertz CT molecular complexity index is 372. The molecule has 4 nitrogen and oxygen atoms in total. The Labute approximate surface area is 115 Å². The number of carbonyl (C=O) groups excluding carboxylic acids is 1. The predicted octanol–water partition coefficient (Wildman–Crippen LogP) is 0.724. The van der Waals surface area contributed by atoms with Crippen molar-refractivity contribution in [3.63, 3.8) is 0 Å². The van der Waals surface area contributed by atoms with Crippen molar-refractivity contribution in [3.05, 3.63) is 12.2 Å². The highest BCUT2D eigenvalue weighted by molar-refractivity contribution is 5.80. The maximum absolute atomic E-state index is 11.7. The van der Waals surface area contributed by atoms with Crippen LogP contribution in [0, 0.1) is 17.8 Å². The second kappa shape index (κ2) is 5.25. The second-order valence-corrected chi connectivity index (χ2v) is 6.34. The largest absolute Gasteiger partial charge is 0.384 e.